The highest BCUT2D eigenvalue weighted by Crippen LogP contribution is 2.21. The molecule has 0 bridgehead atoms. The summed E-state index contributed by atoms with van der Waals surface area (Å²) in [4.78, 5) is 13.1. The Morgan fingerprint density at radius 1 is 1.35 bits per heavy atom. The molecule has 0 atom stereocenters. The molecule has 108 valence electrons. The van der Waals surface area contributed by atoms with Gasteiger partial charge in [0.2, 0.25) is 0 Å². The van der Waals surface area contributed by atoms with Crippen LogP contribution in [-0.4, -0.2) is 29.1 Å². The zero-order valence-electron chi connectivity index (χ0n) is 11.8. The zero-order valence-corrected chi connectivity index (χ0v) is 11.8. The van der Waals surface area contributed by atoms with Gasteiger partial charge in [0.05, 0.1) is 5.92 Å². The summed E-state index contributed by atoms with van der Waals surface area (Å²) in [6, 6.07) is 10.0. The Kier molecular flexibility index (Phi) is 5.04. The smallest absolute Gasteiger partial charge is 0.306 e. The lowest BCUT2D eigenvalue weighted by Gasteiger charge is -2.33. The van der Waals surface area contributed by atoms with Crippen molar-refractivity contribution in [3.05, 3.63) is 47.9 Å². The third kappa shape index (κ3) is 3.76. The van der Waals surface area contributed by atoms with E-state index in [1.54, 1.807) is 0 Å². The Balaban J connectivity index is 1.86. The molecule has 0 saturated carbocycles. The Hall–Kier alpha value is -1.97. The summed E-state index contributed by atoms with van der Waals surface area (Å²) in [7, 11) is 0. The molecule has 2 rings (SSSR count). The third-order valence-corrected chi connectivity index (χ3v) is 3.63. The molecule has 4 heteroatoms. The number of benzene rings is 1. The first-order valence-electron chi connectivity index (χ1n) is 7.01. The molecule has 1 fully saturated rings. The molecule has 1 aromatic carbocycles. The molecule has 1 aliphatic rings. The van der Waals surface area contributed by atoms with Crippen LogP contribution >= 0.6 is 0 Å². The highest BCUT2D eigenvalue weighted by molar-refractivity contribution is 5.70. The fourth-order valence-corrected chi connectivity index (χ4v) is 2.44. The number of carbonyl (C=O) groups is 1. The van der Waals surface area contributed by atoms with E-state index in [1.165, 1.54) is 0 Å². The number of piperidine rings is 1. The normalized spacial score (nSPS) is 17.1. The lowest BCUT2D eigenvalue weighted by atomic mass is 9.97. The second kappa shape index (κ2) is 6.98. The van der Waals surface area contributed by atoms with Crippen LogP contribution in [0.4, 0.5) is 0 Å². The zero-order chi connectivity index (χ0) is 14.4. The standard InChI is InChI=1S/C16H21NO3/c1-2-15(20-12-13-6-4-3-5-7-13)17-10-8-14(9-11-17)16(18)19/h2-7,14H,8-12H2,1H3,(H,18,19). The minimum atomic E-state index is -0.683. The maximum atomic E-state index is 10.9. The molecule has 1 aromatic rings. The van der Waals surface area contributed by atoms with E-state index in [0.717, 1.165) is 24.5 Å². The fourth-order valence-electron chi connectivity index (χ4n) is 2.44. The second-order valence-corrected chi connectivity index (χ2v) is 5.00. The van der Waals surface area contributed by atoms with Crippen molar-refractivity contribution in [2.45, 2.75) is 26.4 Å². The summed E-state index contributed by atoms with van der Waals surface area (Å²) >= 11 is 0. The fraction of sp³-hybridized carbons (Fsp3) is 0.438. The highest BCUT2D eigenvalue weighted by Gasteiger charge is 2.25. The Labute approximate surface area is 119 Å². The van der Waals surface area contributed by atoms with E-state index >= 15 is 0 Å². The SMILES string of the molecule is CC=C(OCc1ccccc1)N1CCC(C(=O)O)CC1. The predicted octanol–water partition coefficient (Wildman–Crippen LogP) is 2.86. The van der Waals surface area contributed by atoms with E-state index in [9.17, 15) is 4.79 Å². The molecule has 20 heavy (non-hydrogen) atoms. The van der Waals surface area contributed by atoms with E-state index in [-0.39, 0.29) is 5.92 Å². The topological polar surface area (TPSA) is 49.8 Å². The number of likely N-dealkylation sites (tertiary alicyclic amines) is 1. The van der Waals surface area contributed by atoms with E-state index < -0.39 is 5.97 Å². The molecular formula is C16H21NO3. The Morgan fingerprint density at radius 2 is 2.00 bits per heavy atom. The first kappa shape index (κ1) is 14.4. The molecule has 1 saturated heterocycles. The molecular weight excluding hydrogens is 254 g/mol. The molecule has 1 aliphatic heterocycles. The van der Waals surface area contributed by atoms with Gasteiger partial charge in [0.15, 0.2) is 5.88 Å². The monoisotopic (exact) mass is 275 g/mol. The molecule has 0 unspecified atom stereocenters. The molecule has 0 amide bonds. The molecule has 1 N–H and O–H groups in total. The van der Waals surface area contributed by atoms with Crippen molar-refractivity contribution in [3.8, 4) is 0 Å². The first-order valence-corrected chi connectivity index (χ1v) is 7.01. The predicted molar refractivity (Wildman–Crippen MR) is 76.9 cm³/mol. The number of hydrogen-bond acceptors (Lipinski definition) is 3. The van der Waals surface area contributed by atoms with Crippen LogP contribution in [0.1, 0.15) is 25.3 Å². The molecule has 0 aliphatic carbocycles. The number of carboxylic acids is 1. The maximum absolute atomic E-state index is 10.9. The van der Waals surface area contributed by atoms with Gasteiger partial charge in [-0.1, -0.05) is 30.3 Å². The van der Waals surface area contributed by atoms with Crippen molar-refractivity contribution in [1.29, 1.82) is 0 Å². The first-order chi connectivity index (χ1) is 9.70. The van der Waals surface area contributed by atoms with E-state index in [1.807, 2.05) is 43.3 Å². The van der Waals surface area contributed by atoms with Crippen molar-refractivity contribution in [2.75, 3.05) is 13.1 Å². The maximum Gasteiger partial charge on any atom is 0.306 e. The van der Waals surface area contributed by atoms with Gasteiger partial charge in [0, 0.05) is 13.1 Å². The largest absolute Gasteiger partial charge is 0.481 e. The van der Waals surface area contributed by atoms with Crippen LogP contribution in [0.25, 0.3) is 0 Å². The van der Waals surface area contributed by atoms with Crippen LogP contribution in [0.2, 0.25) is 0 Å². The van der Waals surface area contributed by atoms with Crippen molar-refractivity contribution < 1.29 is 14.6 Å². The molecule has 0 spiro atoms. The summed E-state index contributed by atoms with van der Waals surface area (Å²) in [5, 5.41) is 9.01. The van der Waals surface area contributed by atoms with Crippen LogP contribution in [0.5, 0.6) is 0 Å². The van der Waals surface area contributed by atoms with E-state index in [2.05, 4.69) is 4.90 Å². The number of carboxylic acid groups (broad SMARTS) is 1. The van der Waals surface area contributed by atoms with Crippen molar-refractivity contribution in [2.24, 2.45) is 5.92 Å². The van der Waals surface area contributed by atoms with Crippen LogP contribution in [0.15, 0.2) is 42.3 Å². The van der Waals surface area contributed by atoms with Crippen LogP contribution in [-0.2, 0) is 16.1 Å². The number of rotatable bonds is 5. The average Bonchev–Trinajstić information content (AvgIpc) is 2.49. The molecule has 0 radical (unpaired) electrons. The van der Waals surface area contributed by atoms with Crippen molar-refractivity contribution in [3.63, 3.8) is 0 Å². The summed E-state index contributed by atoms with van der Waals surface area (Å²) in [6.07, 6.45) is 3.31. The van der Waals surface area contributed by atoms with Gasteiger partial charge in [0.1, 0.15) is 6.61 Å². The Bertz CT molecular complexity index is 462. The Morgan fingerprint density at radius 3 is 2.55 bits per heavy atom. The van der Waals surface area contributed by atoms with Crippen molar-refractivity contribution >= 4 is 5.97 Å². The van der Waals surface area contributed by atoms with Crippen LogP contribution < -0.4 is 0 Å². The van der Waals surface area contributed by atoms with Crippen LogP contribution in [0.3, 0.4) is 0 Å². The van der Waals surface area contributed by atoms with Gasteiger partial charge in [0.25, 0.3) is 0 Å². The summed E-state index contributed by atoms with van der Waals surface area (Å²) in [6.45, 7) is 3.97. The number of ether oxygens (including phenoxy) is 1. The second-order valence-electron chi connectivity index (χ2n) is 5.00. The van der Waals surface area contributed by atoms with Gasteiger partial charge in [-0.2, -0.15) is 0 Å². The number of aliphatic carboxylic acids is 1. The summed E-state index contributed by atoms with van der Waals surface area (Å²) in [5.41, 5.74) is 1.13. The van der Waals surface area contributed by atoms with Gasteiger partial charge in [-0.25, -0.2) is 0 Å². The minimum absolute atomic E-state index is 0.210. The van der Waals surface area contributed by atoms with Crippen molar-refractivity contribution in [1.82, 2.24) is 4.90 Å². The third-order valence-electron chi connectivity index (χ3n) is 3.63. The van der Waals surface area contributed by atoms with Gasteiger partial charge < -0.3 is 14.7 Å². The number of allylic oxidation sites excluding steroid dienone is 1. The molecule has 1 heterocycles. The highest BCUT2D eigenvalue weighted by atomic mass is 16.5. The molecule has 4 nitrogen and oxygen atoms in total. The lowest BCUT2D eigenvalue weighted by Crippen LogP contribution is -2.36. The lowest BCUT2D eigenvalue weighted by molar-refractivity contribution is -0.143. The van der Waals surface area contributed by atoms with Gasteiger partial charge in [-0.05, 0) is 31.4 Å². The van der Waals surface area contributed by atoms with Gasteiger partial charge >= 0.3 is 5.97 Å². The van der Waals surface area contributed by atoms with Gasteiger partial charge in [-0.15, -0.1) is 0 Å². The quantitative estimate of drug-likeness (QED) is 0.839. The van der Waals surface area contributed by atoms with Gasteiger partial charge in [-0.3, -0.25) is 4.79 Å². The minimum Gasteiger partial charge on any atom is -0.481 e. The number of nitrogens with zero attached hydrogens (tertiary/aromatic N) is 1. The summed E-state index contributed by atoms with van der Waals surface area (Å²) < 4.78 is 5.85. The summed E-state index contributed by atoms with van der Waals surface area (Å²) in [5.74, 6) is -0.0481. The average molecular weight is 275 g/mol. The number of hydrogen-bond donors (Lipinski definition) is 1. The van der Waals surface area contributed by atoms with Crippen LogP contribution in [0, 0.1) is 5.92 Å². The van der Waals surface area contributed by atoms with E-state index in [0.29, 0.717) is 19.4 Å². The van der Waals surface area contributed by atoms with E-state index in [4.69, 9.17) is 9.84 Å². The molecule has 0 aromatic heterocycles.